The number of carbonyl (C=O) groups excluding carboxylic acids is 1. The summed E-state index contributed by atoms with van der Waals surface area (Å²) in [6, 6.07) is 3.72. The van der Waals surface area contributed by atoms with Crippen LogP contribution in [-0.2, 0) is 0 Å². The van der Waals surface area contributed by atoms with Crippen molar-refractivity contribution in [3.63, 3.8) is 0 Å². The average molecular weight is 203 g/mol. The molecule has 0 saturated heterocycles. The number of carbonyl (C=O) groups is 1. The molecule has 80 valence electrons. The van der Waals surface area contributed by atoms with Crippen molar-refractivity contribution in [2.45, 2.75) is 33.6 Å². The molecule has 0 atom stereocenters. The van der Waals surface area contributed by atoms with Gasteiger partial charge in [0.25, 0.3) is 0 Å². The third kappa shape index (κ3) is 3.01. The van der Waals surface area contributed by atoms with Crippen LogP contribution in [0.5, 0.6) is 0 Å². The van der Waals surface area contributed by atoms with Crippen molar-refractivity contribution in [1.82, 2.24) is 4.98 Å². The minimum atomic E-state index is 0.117. The number of Topliss-reactive ketones (excluding diaryl/α,β-unsaturated/α-hetero) is 1. The second-order valence-electron chi connectivity index (χ2n) is 3.79. The highest BCUT2D eigenvalue weighted by Gasteiger charge is 2.10. The smallest absolute Gasteiger partial charge is 0.168 e. The number of aromatic nitrogens is 1. The van der Waals surface area contributed by atoms with Gasteiger partial charge < -0.3 is 0 Å². The highest BCUT2D eigenvalue weighted by molar-refractivity contribution is 5.98. The molecule has 1 heterocycles. The van der Waals surface area contributed by atoms with E-state index in [9.17, 15) is 4.79 Å². The average Bonchev–Trinajstić information content (AvgIpc) is 2.17. The first-order valence-corrected chi connectivity index (χ1v) is 5.18. The van der Waals surface area contributed by atoms with Crippen molar-refractivity contribution in [1.29, 1.82) is 0 Å². The van der Waals surface area contributed by atoms with Crippen LogP contribution in [0, 0.1) is 13.8 Å². The van der Waals surface area contributed by atoms with Crippen LogP contribution in [0.25, 0.3) is 0 Å². The van der Waals surface area contributed by atoms with Crippen LogP contribution in [0.3, 0.4) is 0 Å². The van der Waals surface area contributed by atoms with Crippen molar-refractivity contribution in [3.8, 4) is 0 Å². The molecule has 2 nitrogen and oxygen atoms in total. The van der Waals surface area contributed by atoms with E-state index in [1.165, 1.54) is 0 Å². The lowest BCUT2D eigenvalue weighted by molar-refractivity contribution is 0.0991. The van der Waals surface area contributed by atoms with E-state index in [-0.39, 0.29) is 5.78 Å². The number of aryl methyl sites for hydroxylation is 2. The van der Waals surface area contributed by atoms with Crippen molar-refractivity contribution >= 4 is 5.78 Å². The Morgan fingerprint density at radius 3 is 2.60 bits per heavy atom. The zero-order valence-electron chi connectivity index (χ0n) is 9.63. The van der Waals surface area contributed by atoms with E-state index in [1.807, 2.05) is 32.9 Å². The predicted molar refractivity (Wildman–Crippen MR) is 62.1 cm³/mol. The zero-order valence-corrected chi connectivity index (χ0v) is 9.63. The number of nitrogens with zero attached hydrogens (tertiary/aromatic N) is 1. The van der Waals surface area contributed by atoms with Crippen molar-refractivity contribution < 1.29 is 4.79 Å². The highest BCUT2D eigenvalue weighted by Crippen LogP contribution is 2.13. The van der Waals surface area contributed by atoms with Crippen LogP contribution in [0.15, 0.2) is 24.3 Å². The molecular formula is C13H17NO. The second kappa shape index (κ2) is 4.87. The summed E-state index contributed by atoms with van der Waals surface area (Å²) in [6.45, 7) is 9.65. The summed E-state index contributed by atoms with van der Waals surface area (Å²) in [6.07, 6.45) is 1.28. The lowest BCUT2D eigenvalue weighted by Crippen LogP contribution is -2.04. The van der Waals surface area contributed by atoms with Gasteiger partial charge in [-0.15, -0.1) is 0 Å². The van der Waals surface area contributed by atoms with E-state index < -0.39 is 0 Å². The molecule has 0 bridgehead atoms. The Hall–Kier alpha value is -1.44. The van der Waals surface area contributed by atoms with Crippen LogP contribution in [0.1, 0.15) is 41.5 Å². The molecule has 1 aromatic heterocycles. The van der Waals surface area contributed by atoms with E-state index in [0.717, 1.165) is 28.9 Å². The monoisotopic (exact) mass is 203 g/mol. The first kappa shape index (κ1) is 11.6. The highest BCUT2D eigenvalue weighted by atomic mass is 16.1. The number of ketones is 1. The summed E-state index contributed by atoms with van der Waals surface area (Å²) in [7, 11) is 0. The van der Waals surface area contributed by atoms with Crippen LogP contribution in [0.4, 0.5) is 0 Å². The van der Waals surface area contributed by atoms with Gasteiger partial charge in [0.2, 0.25) is 0 Å². The summed E-state index contributed by atoms with van der Waals surface area (Å²) >= 11 is 0. The number of hydrogen-bond acceptors (Lipinski definition) is 2. The Bertz CT molecular complexity index is 394. The third-order valence-electron chi connectivity index (χ3n) is 2.44. The maximum Gasteiger partial charge on any atom is 0.168 e. The molecule has 0 amide bonds. The van der Waals surface area contributed by atoms with E-state index in [1.54, 1.807) is 0 Å². The zero-order chi connectivity index (χ0) is 11.4. The van der Waals surface area contributed by atoms with Gasteiger partial charge in [-0.3, -0.25) is 9.78 Å². The van der Waals surface area contributed by atoms with Gasteiger partial charge in [0, 0.05) is 23.4 Å². The molecule has 15 heavy (non-hydrogen) atoms. The Labute approximate surface area is 91.0 Å². The van der Waals surface area contributed by atoms with Crippen molar-refractivity contribution in [2.75, 3.05) is 0 Å². The lowest BCUT2D eigenvalue weighted by Gasteiger charge is -2.05. The summed E-state index contributed by atoms with van der Waals surface area (Å²) < 4.78 is 0. The Morgan fingerprint density at radius 2 is 2.07 bits per heavy atom. The standard InChI is InChI=1S/C13H17NO/c1-5-9(2)8-13(15)12-7-6-10(3)14-11(12)4/h6-7H,2,5,8H2,1,3-4H3. The topological polar surface area (TPSA) is 30.0 Å². The number of pyridine rings is 1. The van der Waals surface area contributed by atoms with Gasteiger partial charge in [0.15, 0.2) is 5.78 Å². The van der Waals surface area contributed by atoms with Crippen LogP contribution in [-0.4, -0.2) is 10.8 Å². The van der Waals surface area contributed by atoms with Crippen LogP contribution >= 0.6 is 0 Å². The molecule has 1 aromatic rings. The molecule has 0 fully saturated rings. The number of allylic oxidation sites excluding steroid dienone is 1. The van der Waals surface area contributed by atoms with Gasteiger partial charge in [0.05, 0.1) is 0 Å². The Kier molecular flexibility index (Phi) is 3.78. The van der Waals surface area contributed by atoms with Crippen molar-refractivity contribution in [2.24, 2.45) is 0 Å². The van der Waals surface area contributed by atoms with Gasteiger partial charge in [0.1, 0.15) is 0 Å². The molecular weight excluding hydrogens is 186 g/mol. The molecule has 0 aliphatic rings. The minimum absolute atomic E-state index is 0.117. The van der Waals surface area contributed by atoms with Gasteiger partial charge in [-0.2, -0.15) is 0 Å². The Balaban J connectivity index is 2.87. The fraction of sp³-hybridized carbons (Fsp3) is 0.385. The molecule has 0 aromatic carbocycles. The second-order valence-corrected chi connectivity index (χ2v) is 3.79. The number of rotatable bonds is 4. The molecule has 0 radical (unpaired) electrons. The summed E-state index contributed by atoms with van der Waals surface area (Å²) in [5.74, 6) is 0.117. The molecule has 0 spiro atoms. The molecule has 0 N–H and O–H groups in total. The summed E-state index contributed by atoms with van der Waals surface area (Å²) in [5.41, 5.74) is 3.44. The number of hydrogen-bond donors (Lipinski definition) is 0. The fourth-order valence-electron chi connectivity index (χ4n) is 1.43. The third-order valence-corrected chi connectivity index (χ3v) is 2.44. The SMILES string of the molecule is C=C(CC)CC(=O)c1ccc(C)nc1C. The van der Waals surface area contributed by atoms with Gasteiger partial charge >= 0.3 is 0 Å². The molecule has 1 rings (SSSR count). The normalized spacial score (nSPS) is 10.1. The summed E-state index contributed by atoms with van der Waals surface area (Å²) in [4.78, 5) is 16.1. The fourth-order valence-corrected chi connectivity index (χ4v) is 1.43. The maximum atomic E-state index is 11.8. The maximum absolute atomic E-state index is 11.8. The van der Waals surface area contributed by atoms with E-state index in [2.05, 4.69) is 11.6 Å². The largest absolute Gasteiger partial charge is 0.294 e. The summed E-state index contributed by atoms with van der Waals surface area (Å²) in [5, 5.41) is 0. The first-order valence-electron chi connectivity index (χ1n) is 5.18. The van der Waals surface area contributed by atoms with E-state index in [4.69, 9.17) is 0 Å². The molecule has 2 heteroatoms. The lowest BCUT2D eigenvalue weighted by atomic mass is 10.0. The quantitative estimate of drug-likeness (QED) is 0.555. The van der Waals surface area contributed by atoms with Gasteiger partial charge in [-0.1, -0.05) is 19.1 Å². The van der Waals surface area contributed by atoms with Crippen LogP contribution in [0.2, 0.25) is 0 Å². The molecule has 0 aliphatic heterocycles. The minimum Gasteiger partial charge on any atom is -0.294 e. The Morgan fingerprint density at radius 1 is 1.40 bits per heavy atom. The molecule has 0 saturated carbocycles. The van der Waals surface area contributed by atoms with Crippen molar-refractivity contribution in [3.05, 3.63) is 41.2 Å². The van der Waals surface area contributed by atoms with Gasteiger partial charge in [-0.05, 0) is 32.4 Å². The first-order chi connectivity index (χ1) is 7.04. The van der Waals surface area contributed by atoms with E-state index >= 15 is 0 Å². The van der Waals surface area contributed by atoms with Crippen LogP contribution < -0.4 is 0 Å². The predicted octanol–water partition coefficient (Wildman–Crippen LogP) is 3.24. The molecule has 0 unspecified atom stereocenters. The molecule has 0 aliphatic carbocycles. The van der Waals surface area contributed by atoms with Gasteiger partial charge in [-0.25, -0.2) is 0 Å². The van der Waals surface area contributed by atoms with E-state index in [0.29, 0.717) is 6.42 Å².